The van der Waals surface area contributed by atoms with Crippen LogP contribution in [0.3, 0.4) is 0 Å². The Labute approximate surface area is 175 Å². The van der Waals surface area contributed by atoms with Crippen molar-refractivity contribution in [3.05, 3.63) is 64.7 Å². The Morgan fingerprint density at radius 2 is 1.86 bits per heavy atom. The fourth-order valence-corrected chi connectivity index (χ4v) is 4.02. The molecule has 0 aliphatic carbocycles. The van der Waals surface area contributed by atoms with Crippen molar-refractivity contribution in [2.45, 2.75) is 52.6 Å². The molecule has 1 aliphatic heterocycles. The molecule has 2 aromatic carbocycles. The Kier molecular flexibility index (Phi) is 7.32. The van der Waals surface area contributed by atoms with Gasteiger partial charge in [0.05, 0.1) is 13.2 Å². The average molecular weight is 395 g/mol. The Morgan fingerprint density at radius 3 is 2.45 bits per heavy atom. The second-order valence-electron chi connectivity index (χ2n) is 8.32. The van der Waals surface area contributed by atoms with Gasteiger partial charge in [0.15, 0.2) is 0 Å². The molecule has 1 aliphatic rings. The molecule has 1 atom stereocenters. The highest BCUT2D eigenvalue weighted by Crippen LogP contribution is 2.25. The minimum absolute atomic E-state index is 0.0119. The lowest BCUT2D eigenvalue weighted by atomic mass is 9.98. The summed E-state index contributed by atoms with van der Waals surface area (Å²) in [6, 6.07) is 14.2. The van der Waals surface area contributed by atoms with E-state index in [-0.39, 0.29) is 11.9 Å². The standard InChI is InChI=1S/C25H34N2O2/c1-5-23(22-10-11-24(29-4)19(3)16-22)26-25(28)21-8-6-20(7-9-21)17-27-14-12-18(2)13-15-27/h6-11,16,18,23H,5,12-15,17H2,1-4H3,(H,26,28). The van der Waals surface area contributed by atoms with Gasteiger partial charge in [0.1, 0.15) is 5.75 Å². The van der Waals surface area contributed by atoms with Crippen LogP contribution >= 0.6 is 0 Å². The van der Waals surface area contributed by atoms with Gasteiger partial charge in [0.25, 0.3) is 5.91 Å². The number of nitrogens with one attached hydrogen (secondary N) is 1. The average Bonchev–Trinajstić information content (AvgIpc) is 2.74. The first-order valence-electron chi connectivity index (χ1n) is 10.8. The molecule has 29 heavy (non-hydrogen) atoms. The van der Waals surface area contributed by atoms with Crippen LogP contribution in [0.4, 0.5) is 0 Å². The van der Waals surface area contributed by atoms with Crippen LogP contribution in [-0.4, -0.2) is 31.0 Å². The monoisotopic (exact) mass is 394 g/mol. The SMILES string of the molecule is CCC(NC(=O)c1ccc(CN2CCC(C)CC2)cc1)c1ccc(OC)c(C)c1. The first-order chi connectivity index (χ1) is 14.0. The highest BCUT2D eigenvalue weighted by Gasteiger charge is 2.17. The number of amides is 1. The number of hydrogen-bond acceptors (Lipinski definition) is 3. The number of hydrogen-bond donors (Lipinski definition) is 1. The molecule has 3 rings (SSSR count). The fourth-order valence-electron chi connectivity index (χ4n) is 4.02. The van der Waals surface area contributed by atoms with E-state index in [1.165, 1.54) is 31.5 Å². The predicted molar refractivity (Wildman–Crippen MR) is 118 cm³/mol. The maximum absolute atomic E-state index is 12.8. The van der Waals surface area contributed by atoms with Crippen LogP contribution in [0.25, 0.3) is 0 Å². The van der Waals surface area contributed by atoms with E-state index >= 15 is 0 Å². The number of rotatable bonds is 7. The van der Waals surface area contributed by atoms with Crippen molar-refractivity contribution in [2.24, 2.45) is 5.92 Å². The zero-order chi connectivity index (χ0) is 20.8. The molecule has 1 unspecified atom stereocenters. The van der Waals surface area contributed by atoms with E-state index in [0.29, 0.717) is 5.56 Å². The molecule has 1 heterocycles. The van der Waals surface area contributed by atoms with Gasteiger partial charge in [-0.25, -0.2) is 0 Å². The maximum Gasteiger partial charge on any atom is 0.251 e. The van der Waals surface area contributed by atoms with Gasteiger partial charge in [-0.15, -0.1) is 0 Å². The van der Waals surface area contributed by atoms with Gasteiger partial charge >= 0.3 is 0 Å². The normalized spacial score (nSPS) is 16.4. The van der Waals surface area contributed by atoms with Gasteiger partial charge in [0.2, 0.25) is 0 Å². The molecule has 1 saturated heterocycles. The molecular weight excluding hydrogens is 360 g/mol. The van der Waals surface area contributed by atoms with Crippen LogP contribution in [0.15, 0.2) is 42.5 Å². The van der Waals surface area contributed by atoms with Crippen molar-refractivity contribution in [1.82, 2.24) is 10.2 Å². The molecule has 1 fully saturated rings. The Bertz CT molecular complexity index is 808. The highest BCUT2D eigenvalue weighted by atomic mass is 16.5. The molecule has 0 bridgehead atoms. The smallest absolute Gasteiger partial charge is 0.251 e. The third-order valence-corrected chi connectivity index (χ3v) is 6.03. The zero-order valence-electron chi connectivity index (χ0n) is 18.2. The lowest BCUT2D eigenvalue weighted by Gasteiger charge is -2.30. The van der Waals surface area contributed by atoms with E-state index in [4.69, 9.17) is 4.74 Å². The Hall–Kier alpha value is -2.33. The highest BCUT2D eigenvalue weighted by molar-refractivity contribution is 5.94. The van der Waals surface area contributed by atoms with Gasteiger partial charge in [0, 0.05) is 12.1 Å². The number of benzene rings is 2. The summed E-state index contributed by atoms with van der Waals surface area (Å²) in [5, 5.41) is 3.18. The summed E-state index contributed by atoms with van der Waals surface area (Å²) >= 11 is 0. The Morgan fingerprint density at radius 1 is 1.17 bits per heavy atom. The molecule has 2 aromatic rings. The fraction of sp³-hybridized carbons (Fsp3) is 0.480. The number of nitrogens with zero attached hydrogens (tertiary/aromatic N) is 1. The van der Waals surface area contributed by atoms with E-state index in [1.54, 1.807) is 7.11 Å². The van der Waals surface area contributed by atoms with Crippen molar-refractivity contribution in [3.8, 4) is 5.75 Å². The van der Waals surface area contributed by atoms with Crippen LogP contribution < -0.4 is 10.1 Å². The van der Waals surface area contributed by atoms with Gasteiger partial charge in [-0.1, -0.05) is 38.1 Å². The number of methoxy groups -OCH3 is 1. The molecular formula is C25H34N2O2. The molecule has 4 heteroatoms. The lowest BCUT2D eigenvalue weighted by molar-refractivity contribution is 0.0935. The van der Waals surface area contributed by atoms with E-state index in [0.717, 1.165) is 35.8 Å². The van der Waals surface area contributed by atoms with Gasteiger partial charge < -0.3 is 10.1 Å². The molecule has 156 valence electrons. The quantitative estimate of drug-likeness (QED) is 0.709. The number of aryl methyl sites for hydroxylation is 1. The topological polar surface area (TPSA) is 41.6 Å². The van der Waals surface area contributed by atoms with Crippen LogP contribution in [0.5, 0.6) is 5.75 Å². The van der Waals surface area contributed by atoms with Crippen molar-refractivity contribution in [3.63, 3.8) is 0 Å². The zero-order valence-corrected chi connectivity index (χ0v) is 18.2. The summed E-state index contributed by atoms with van der Waals surface area (Å²) in [4.78, 5) is 15.3. The molecule has 0 spiro atoms. The summed E-state index contributed by atoms with van der Waals surface area (Å²) in [5.41, 5.74) is 4.17. The number of piperidine rings is 1. The second-order valence-corrected chi connectivity index (χ2v) is 8.32. The van der Waals surface area contributed by atoms with Gasteiger partial charge in [-0.3, -0.25) is 9.69 Å². The summed E-state index contributed by atoms with van der Waals surface area (Å²) in [6.45, 7) is 9.76. The van der Waals surface area contributed by atoms with E-state index in [2.05, 4.69) is 42.3 Å². The molecule has 1 N–H and O–H groups in total. The lowest BCUT2D eigenvalue weighted by Crippen LogP contribution is -2.32. The summed E-state index contributed by atoms with van der Waals surface area (Å²) in [5.74, 6) is 1.69. The largest absolute Gasteiger partial charge is 0.496 e. The Balaban J connectivity index is 1.61. The van der Waals surface area contributed by atoms with E-state index in [1.807, 2.05) is 31.2 Å². The molecule has 4 nitrogen and oxygen atoms in total. The van der Waals surface area contributed by atoms with Crippen molar-refractivity contribution >= 4 is 5.91 Å². The number of ether oxygens (including phenoxy) is 1. The predicted octanol–water partition coefficient (Wildman–Crippen LogP) is 5.12. The molecule has 0 aromatic heterocycles. The minimum Gasteiger partial charge on any atom is -0.496 e. The minimum atomic E-state index is -0.0244. The van der Waals surface area contributed by atoms with Crippen LogP contribution in [-0.2, 0) is 6.54 Å². The van der Waals surface area contributed by atoms with Crippen LogP contribution in [0.1, 0.15) is 66.2 Å². The third kappa shape index (κ3) is 5.60. The van der Waals surface area contributed by atoms with Gasteiger partial charge in [-0.2, -0.15) is 0 Å². The third-order valence-electron chi connectivity index (χ3n) is 6.03. The first kappa shape index (κ1) is 21.4. The van der Waals surface area contributed by atoms with Crippen molar-refractivity contribution in [2.75, 3.05) is 20.2 Å². The van der Waals surface area contributed by atoms with E-state index < -0.39 is 0 Å². The summed E-state index contributed by atoms with van der Waals surface area (Å²) in [6.07, 6.45) is 3.40. The number of likely N-dealkylation sites (tertiary alicyclic amines) is 1. The molecule has 0 saturated carbocycles. The second kappa shape index (κ2) is 9.93. The number of carbonyl (C=O) groups is 1. The van der Waals surface area contributed by atoms with E-state index in [9.17, 15) is 4.79 Å². The van der Waals surface area contributed by atoms with Crippen LogP contribution in [0, 0.1) is 12.8 Å². The summed E-state index contributed by atoms with van der Waals surface area (Å²) < 4.78 is 5.34. The van der Waals surface area contributed by atoms with Crippen LogP contribution in [0.2, 0.25) is 0 Å². The van der Waals surface area contributed by atoms with Gasteiger partial charge in [-0.05, 0) is 80.1 Å². The molecule has 1 amide bonds. The van der Waals surface area contributed by atoms with Crippen molar-refractivity contribution < 1.29 is 9.53 Å². The maximum atomic E-state index is 12.8. The number of carbonyl (C=O) groups excluding carboxylic acids is 1. The first-order valence-corrected chi connectivity index (χ1v) is 10.8. The molecule has 0 radical (unpaired) electrons. The van der Waals surface area contributed by atoms with Crippen molar-refractivity contribution in [1.29, 1.82) is 0 Å². The summed E-state index contributed by atoms with van der Waals surface area (Å²) in [7, 11) is 1.68.